The number of imidazole rings is 1. The molecule has 0 spiro atoms. The summed E-state index contributed by atoms with van der Waals surface area (Å²) < 4.78 is 8.04. The Hall–Kier alpha value is -2.89. The van der Waals surface area contributed by atoms with Gasteiger partial charge in [-0.15, -0.1) is 0 Å². The van der Waals surface area contributed by atoms with E-state index in [2.05, 4.69) is 23.4 Å². The van der Waals surface area contributed by atoms with Crippen LogP contribution in [0.2, 0.25) is 0 Å². The van der Waals surface area contributed by atoms with Gasteiger partial charge in [0.25, 0.3) is 5.91 Å². The van der Waals surface area contributed by atoms with Crippen molar-refractivity contribution in [3.05, 3.63) is 54.1 Å². The Bertz CT molecular complexity index is 1010. The molecule has 0 saturated carbocycles. The molecule has 152 valence electrons. The predicted molar refractivity (Wildman–Crippen MR) is 113 cm³/mol. The molecule has 3 heterocycles. The van der Waals surface area contributed by atoms with E-state index in [1.54, 1.807) is 6.20 Å². The van der Waals surface area contributed by atoms with Crippen molar-refractivity contribution in [3.8, 4) is 5.75 Å². The predicted octanol–water partition coefficient (Wildman–Crippen LogP) is 3.79. The summed E-state index contributed by atoms with van der Waals surface area (Å²) in [4.78, 5) is 23.8. The molecule has 1 aliphatic rings. The Morgan fingerprint density at radius 3 is 2.90 bits per heavy atom. The third kappa shape index (κ3) is 4.11. The standard InChI is InChI=1S/C23H28N4O2/c1-16(2)13-27-20-12-24-10-8-19(20)25-23(27)18-9-11-26(14-18)22(28)15-29-21-7-5-4-6-17(21)3/h4-8,10,12,16,18H,9,11,13-15H2,1-3H3. The number of para-hydroxylation sites is 1. The van der Waals surface area contributed by atoms with Crippen molar-refractivity contribution in [1.29, 1.82) is 0 Å². The average Bonchev–Trinajstić information content (AvgIpc) is 3.32. The number of carbonyl (C=O) groups excluding carboxylic acids is 1. The summed E-state index contributed by atoms with van der Waals surface area (Å²) >= 11 is 0. The Morgan fingerprint density at radius 1 is 1.28 bits per heavy atom. The molecule has 1 aliphatic heterocycles. The van der Waals surface area contributed by atoms with Crippen molar-refractivity contribution in [2.24, 2.45) is 5.92 Å². The molecule has 1 unspecified atom stereocenters. The van der Waals surface area contributed by atoms with E-state index in [1.807, 2.05) is 48.4 Å². The third-order valence-corrected chi connectivity index (χ3v) is 5.48. The Balaban J connectivity index is 1.47. The van der Waals surface area contributed by atoms with Gasteiger partial charge in [0.1, 0.15) is 11.6 Å². The zero-order valence-electron chi connectivity index (χ0n) is 17.3. The summed E-state index contributed by atoms with van der Waals surface area (Å²) in [5.74, 6) is 2.61. The fourth-order valence-electron chi connectivity index (χ4n) is 4.00. The number of nitrogens with zero attached hydrogens (tertiary/aromatic N) is 4. The van der Waals surface area contributed by atoms with Gasteiger partial charge in [-0.25, -0.2) is 4.98 Å². The van der Waals surface area contributed by atoms with Crippen LogP contribution in [0, 0.1) is 12.8 Å². The highest BCUT2D eigenvalue weighted by Gasteiger charge is 2.31. The minimum atomic E-state index is 0.0314. The molecule has 29 heavy (non-hydrogen) atoms. The Kier molecular flexibility index (Phi) is 5.51. The van der Waals surface area contributed by atoms with E-state index in [1.165, 1.54) is 0 Å². The number of aryl methyl sites for hydroxylation is 1. The minimum absolute atomic E-state index is 0.0314. The second kappa shape index (κ2) is 8.23. The van der Waals surface area contributed by atoms with Gasteiger partial charge in [0, 0.05) is 31.7 Å². The van der Waals surface area contributed by atoms with E-state index in [0.29, 0.717) is 12.5 Å². The molecule has 2 aromatic heterocycles. The highest BCUT2D eigenvalue weighted by atomic mass is 16.5. The number of benzene rings is 1. The molecule has 4 rings (SSSR count). The molecule has 1 amide bonds. The molecule has 6 heteroatoms. The molecule has 0 aliphatic carbocycles. The molecular formula is C23H28N4O2. The number of hydrogen-bond acceptors (Lipinski definition) is 4. The van der Waals surface area contributed by atoms with Crippen LogP contribution in [0.4, 0.5) is 0 Å². The number of aromatic nitrogens is 3. The molecule has 0 N–H and O–H groups in total. The first kappa shape index (κ1) is 19.4. The van der Waals surface area contributed by atoms with Gasteiger partial charge in [0.15, 0.2) is 6.61 Å². The van der Waals surface area contributed by atoms with Crippen LogP contribution in [0.25, 0.3) is 11.0 Å². The lowest BCUT2D eigenvalue weighted by Gasteiger charge is -2.18. The van der Waals surface area contributed by atoms with Gasteiger partial charge < -0.3 is 14.2 Å². The summed E-state index contributed by atoms with van der Waals surface area (Å²) in [6, 6.07) is 9.74. The molecule has 1 atom stereocenters. The first-order chi connectivity index (χ1) is 14.0. The van der Waals surface area contributed by atoms with Crippen LogP contribution in [0.5, 0.6) is 5.75 Å². The van der Waals surface area contributed by atoms with Crippen molar-refractivity contribution in [2.75, 3.05) is 19.7 Å². The molecule has 0 bridgehead atoms. The van der Waals surface area contributed by atoms with Crippen molar-refractivity contribution < 1.29 is 9.53 Å². The van der Waals surface area contributed by atoms with E-state index in [0.717, 1.165) is 47.7 Å². The number of rotatable bonds is 6. The zero-order valence-corrected chi connectivity index (χ0v) is 17.3. The van der Waals surface area contributed by atoms with Gasteiger partial charge in [-0.05, 0) is 37.0 Å². The highest BCUT2D eigenvalue weighted by molar-refractivity contribution is 5.78. The molecular weight excluding hydrogens is 364 g/mol. The number of fused-ring (bicyclic) bond motifs is 1. The van der Waals surface area contributed by atoms with Crippen LogP contribution in [0.15, 0.2) is 42.7 Å². The number of amides is 1. The van der Waals surface area contributed by atoms with Crippen LogP contribution in [-0.4, -0.2) is 45.0 Å². The topological polar surface area (TPSA) is 60.2 Å². The second-order valence-electron chi connectivity index (χ2n) is 8.22. The van der Waals surface area contributed by atoms with Gasteiger partial charge in [0.05, 0.1) is 17.2 Å². The number of ether oxygens (including phenoxy) is 1. The van der Waals surface area contributed by atoms with Crippen LogP contribution < -0.4 is 4.74 Å². The quantitative estimate of drug-likeness (QED) is 0.640. The normalized spacial score (nSPS) is 16.7. The molecule has 6 nitrogen and oxygen atoms in total. The minimum Gasteiger partial charge on any atom is -0.484 e. The Labute approximate surface area is 171 Å². The highest BCUT2D eigenvalue weighted by Crippen LogP contribution is 2.30. The SMILES string of the molecule is Cc1ccccc1OCC(=O)N1CCC(c2nc3ccncc3n2CC(C)C)C1. The largest absolute Gasteiger partial charge is 0.484 e. The van der Waals surface area contributed by atoms with Crippen LogP contribution in [0.3, 0.4) is 0 Å². The summed E-state index contributed by atoms with van der Waals surface area (Å²) in [5.41, 5.74) is 3.09. The van der Waals surface area contributed by atoms with E-state index >= 15 is 0 Å². The number of carbonyl (C=O) groups is 1. The first-order valence-corrected chi connectivity index (χ1v) is 10.3. The van der Waals surface area contributed by atoms with Gasteiger partial charge in [-0.1, -0.05) is 32.0 Å². The van der Waals surface area contributed by atoms with Gasteiger partial charge >= 0.3 is 0 Å². The molecule has 1 saturated heterocycles. The number of pyridine rings is 1. The van der Waals surface area contributed by atoms with Crippen molar-refractivity contribution in [2.45, 2.75) is 39.7 Å². The van der Waals surface area contributed by atoms with Gasteiger partial charge in [-0.2, -0.15) is 0 Å². The lowest BCUT2D eigenvalue weighted by molar-refractivity contribution is -0.132. The molecule has 0 radical (unpaired) electrons. The second-order valence-corrected chi connectivity index (χ2v) is 8.22. The van der Waals surface area contributed by atoms with E-state index in [4.69, 9.17) is 9.72 Å². The number of likely N-dealkylation sites (tertiary alicyclic amines) is 1. The third-order valence-electron chi connectivity index (χ3n) is 5.48. The molecule has 1 aromatic carbocycles. The average molecular weight is 393 g/mol. The van der Waals surface area contributed by atoms with Crippen molar-refractivity contribution in [1.82, 2.24) is 19.4 Å². The number of hydrogen-bond donors (Lipinski definition) is 0. The zero-order chi connectivity index (χ0) is 20.4. The molecule has 3 aromatic rings. The van der Waals surface area contributed by atoms with Crippen LogP contribution in [-0.2, 0) is 11.3 Å². The van der Waals surface area contributed by atoms with Crippen molar-refractivity contribution in [3.63, 3.8) is 0 Å². The lowest BCUT2D eigenvalue weighted by Crippen LogP contribution is -2.33. The maximum Gasteiger partial charge on any atom is 0.260 e. The van der Waals surface area contributed by atoms with E-state index in [-0.39, 0.29) is 18.4 Å². The monoisotopic (exact) mass is 392 g/mol. The summed E-state index contributed by atoms with van der Waals surface area (Å²) in [6.07, 6.45) is 4.60. The smallest absolute Gasteiger partial charge is 0.260 e. The molecule has 1 fully saturated rings. The van der Waals surface area contributed by atoms with Crippen molar-refractivity contribution >= 4 is 16.9 Å². The van der Waals surface area contributed by atoms with E-state index < -0.39 is 0 Å². The first-order valence-electron chi connectivity index (χ1n) is 10.3. The maximum absolute atomic E-state index is 12.7. The van der Waals surface area contributed by atoms with Gasteiger partial charge in [0.2, 0.25) is 0 Å². The van der Waals surface area contributed by atoms with Crippen LogP contribution in [0.1, 0.15) is 37.6 Å². The summed E-state index contributed by atoms with van der Waals surface area (Å²) in [6.45, 7) is 8.80. The summed E-state index contributed by atoms with van der Waals surface area (Å²) in [7, 11) is 0. The maximum atomic E-state index is 12.7. The fraction of sp³-hybridized carbons (Fsp3) is 0.435. The van der Waals surface area contributed by atoms with E-state index in [9.17, 15) is 4.79 Å². The van der Waals surface area contributed by atoms with Gasteiger partial charge in [-0.3, -0.25) is 9.78 Å². The lowest BCUT2D eigenvalue weighted by atomic mass is 10.1. The Morgan fingerprint density at radius 2 is 2.10 bits per heavy atom. The fourth-order valence-corrected chi connectivity index (χ4v) is 4.00. The van der Waals surface area contributed by atoms with Crippen LogP contribution >= 0.6 is 0 Å². The summed E-state index contributed by atoms with van der Waals surface area (Å²) in [5, 5.41) is 0.